The third-order valence-corrected chi connectivity index (χ3v) is 9.85. The second-order valence-corrected chi connectivity index (χ2v) is 13.1. The maximum absolute atomic E-state index is 11.2. The monoisotopic (exact) mass is 373 g/mol. The third-order valence-electron chi connectivity index (χ3n) is 5.35. The van der Waals surface area contributed by atoms with Crippen LogP contribution in [0.5, 0.6) is 0 Å². The third kappa shape index (κ3) is 5.14. The molecular formula is C21H31NO3Si. The standard InChI is InChI=1S/C21H31NO3Si/c1-16(23)24-14-12-17(15-25-26(5,6)21(2,3)4)18-11-13-22-20-10-8-7-9-19(18)20/h7-11,13,17H,12,14-15H2,1-6H3/t17-/m1/s1. The van der Waals surface area contributed by atoms with Crippen molar-refractivity contribution in [3.8, 4) is 0 Å². The summed E-state index contributed by atoms with van der Waals surface area (Å²) in [7, 11) is -1.85. The first-order valence-corrected chi connectivity index (χ1v) is 12.1. The van der Waals surface area contributed by atoms with Gasteiger partial charge in [0.2, 0.25) is 0 Å². The highest BCUT2D eigenvalue weighted by Gasteiger charge is 2.37. The predicted molar refractivity (Wildman–Crippen MR) is 109 cm³/mol. The number of hydrogen-bond acceptors (Lipinski definition) is 4. The van der Waals surface area contributed by atoms with Gasteiger partial charge in [0.25, 0.3) is 0 Å². The van der Waals surface area contributed by atoms with Gasteiger partial charge in [0.15, 0.2) is 8.32 Å². The number of fused-ring (bicyclic) bond motifs is 1. The van der Waals surface area contributed by atoms with E-state index >= 15 is 0 Å². The number of carbonyl (C=O) groups is 1. The van der Waals surface area contributed by atoms with Crippen molar-refractivity contribution in [2.75, 3.05) is 13.2 Å². The molecule has 0 unspecified atom stereocenters. The van der Waals surface area contributed by atoms with Gasteiger partial charge >= 0.3 is 5.97 Å². The molecule has 4 nitrogen and oxygen atoms in total. The van der Waals surface area contributed by atoms with Crippen LogP contribution in [0.25, 0.3) is 10.9 Å². The zero-order valence-electron chi connectivity index (χ0n) is 16.8. The summed E-state index contributed by atoms with van der Waals surface area (Å²) in [5.41, 5.74) is 2.19. The van der Waals surface area contributed by atoms with Crippen LogP contribution in [0, 0.1) is 0 Å². The zero-order valence-corrected chi connectivity index (χ0v) is 17.8. The minimum atomic E-state index is -1.85. The number of esters is 1. The Kier molecular flexibility index (Phi) is 6.58. The van der Waals surface area contributed by atoms with E-state index in [1.807, 2.05) is 24.4 Å². The average molecular weight is 374 g/mol. The Balaban J connectivity index is 2.27. The molecule has 0 saturated heterocycles. The molecule has 0 bridgehead atoms. The quantitative estimate of drug-likeness (QED) is 0.488. The van der Waals surface area contributed by atoms with Crippen LogP contribution in [-0.4, -0.2) is 32.5 Å². The molecule has 0 aliphatic carbocycles. The summed E-state index contributed by atoms with van der Waals surface area (Å²) in [4.78, 5) is 15.6. The van der Waals surface area contributed by atoms with Crippen LogP contribution in [-0.2, 0) is 14.0 Å². The van der Waals surface area contributed by atoms with E-state index in [2.05, 4.69) is 51.0 Å². The number of nitrogens with zero attached hydrogens (tertiary/aromatic N) is 1. The predicted octanol–water partition coefficient (Wildman–Crippen LogP) is 5.29. The van der Waals surface area contributed by atoms with Crippen LogP contribution in [0.15, 0.2) is 36.5 Å². The van der Waals surface area contributed by atoms with Crippen LogP contribution in [0.2, 0.25) is 18.1 Å². The fourth-order valence-corrected chi connectivity index (χ4v) is 3.72. The molecule has 0 radical (unpaired) electrons. The van der Waals surface area contributed by atoms with E-state index in [1.165, 1.54) is 12.5 Å². The Bertz CT molecular complexity index is 747. The van der Waals surface area contributed by atoms with Crippen molar-refractivity contribution in [1.29, 1.82) is 0 Å². The highest BCUT2D eigenvalue weighted by atomic mass is 28.4. The number of hydrogen-bond donors (Lipinski definition) is 0. The number of carbonyl (C=O) groups excluding carboxylic acids is 1. The Hall–Kier alpha value is -1.72. The van der Waals surface area contributed by atoms with Crippen LogP contribution >= 0.6 is 0 Å². The van der Waals surface area contributed by atoms with Gasteiger partial charge in [-0.05, 0) is 42.2 Å². The summed E-state index contributed by atoms with van der Waals surface area (Å²) in [5.74, 6) is -0.0787. The summed E-state index contributed by atoms with van der Waals surface area (Å²) < 4.78 is 11.7. The molecule has 0 fully saturated rings. The largest absolute Gasteiger partial charge is 0.466 e. The van der Waals surface area contributed by atoms with Gasteiger partial charge in [0, 0.05) is 31.0 Å². The van der Waals surface area contributed by atoms with Crippen LogP contribution < -0.4 is 0 Å². The summed E-state index contributed by atoms with van der Waals surface area (Å²) in [5, 5.41) is 1.30. The molecule has 0 spiro atoms. The van der Waals surface area contributed by atoms with E-state index in [0.717, 1.165) is 17.3 Å². The van der Waals surface area contributed by atoms with E-state index < -0.39 is 8.32 Å². The highest BCUT2D eigenvalue weighted by Crippen LogP contribution is 2.38. The van der Waals surface area contributed by atoms with Crippen LogP contribution in [0.1, 0.15) is 45.6 Å². The summed E-state index contributed by atoms with van der Waals surface area (Å²) >= 11 is 0. The van der Waals surface area contributed by atoms with Gasteiger partial charge in [-0.25, -0.2) is 0 Å². The minimum absolute atomic E-state index is 0.160. The summed E-state index contributed by atoms with van der Waals surface area (Å²) in [6, 6.07) is 10.2. The molecule has 1 aromatic carbocycles. The lowest BCUT2D eigenvalue weighted by atomic mass is 9.94. The fourth-order valence-electron chi connectivity index (χ4n) is 2.67. The lowest BCUT2D eigenvalue weighted by Gasteiger charge is -2.37. The van der Waals surface area contributed by atoms with Gasteiger partial charge in [0.1, 0.15) is 0 Å². The molecule has 0 aliphatic rings. The SMILES string of the molecule is CC(=O)OCC[C@H](CO[Si](C)(C)C(C)(C)C)c1ccnc2ccccc12. The van der Waals surface area contributed by atoms with E-state index in [4.69, 9.17) is 9.16 Å². The summed E-state index contributed by atoms with van der Waals surface area (Å²) in [6.07, 6.45) is 2.59. The Morgan fingerprint density at radius 2 is 1.88 bits per heavy atom. The lowest BCUT2D eigenvalue weighted by molar-refractivity contribution is -0.141. The normalized spacial score (nSPS) is 13.6. The lowest BCUT2D eigenvalue weighted by Crippen LogP contribution is -2.41. The van der Waals surface area contributed by atoms with Crippen LogP contribution in [0.4, 0.5) is 0 Å². The van der Waals surface area contributed by atoms with Crippen molar-refractivity contribution in [1.82, 2.24) is 4.98 Å². The maximum atomic E-state index is 11.2. The van der Waals surface area contributed by atoms with Gasteiger partial charge in [-0.1, -0.05) is 39.0 Å². The molecule has 1 aromatic heterocycles. The van der Waals surface area contributed by atoms with Gasteiger partial charge < -0.3 is 9.16 Å². The first-order valence-electron chi connectivity index (χ1n) is 9.23. The second kappa shape index (κ2) is 8.31. The number of pyridine rings is 1. The molecule has 0 N–H and O–H groups in total. The number of aromatic nitrogens is 1. The topological polar surface area (TPSA) is 48.4 Å². The van der Waals surface area contributed by atoms with Crippen molar-refractivity contribution in [2.24, 2.45) is 0 Å². The summed E-state index contributed by atoms with van der Waals surface area (Å²) in [6.45, 7) is 13.7. The number of rotatable bonds is 7. The molecule has 1 atom stereocenters. The van der Waals surface area contributed by atoms with Crippen molar-refractivity contribution in [2.45, 2.75) is 58.2 Å². The highest BCUT2D eigenvalue weighted by molar-refractivity contribution is 6.74. The molecule has 2 rings (SSSR count). The first kappa shape index (κ1) is 20.6. The van der Waals surface area contributed by atoms with Crippen molar-refractivity contribution >= 4 is 25.2 Å². The molecule has 0 amide bonds. The van der Waals surface area contributed by atoms with Crippen molar-refractivity contribution in [3.05, 3.63) is 42.1 Å². The molecule has 0 aliphatic heterocycles. The van der Waals surface area contributed by atoms with Gasteiger partial charge in [0.05, 0.1) is 12.1 Å². The molecule has 2 aromatic rings. The molecule has 26 heavy (non-hydrogen) atoms. The number of para-hydroxylation sites is 1. The van der Waals surface area contributed by atoms with E-state index in [-0.39, 0.29) is 16.9 Å². The van der Waals surface area contributed by atoms with Gasteiger partial charge in [-0.2, -0.15) is 0 Å². The molecular weight excluding hydrogens is 342 g/mol. The Morgan fingerprint density at radius 3 is 2.54 bits per heavy atom. The molecule has 1 heterocycles. The number of ether oxygens (including phenoxy) is 1. The number of benzene rings is 1. The van der Waals surface area contributed by atoms with Gasteiger partial charge in [-0.15, -0.1) is 0 Å². The smallest absolute Gasteiger partial charge is 0.302 e. The molecule has 5 heteroatoms. The van der Waals surface area contributed by atoms with Crippen LogP contribution in [0.3, 0.4) is 0 Å². The molecule has 142 valence electrons. The van der Waals surface area contributed by atoms with Crippen molar-refractivity contribution in [3.63, 3.8) is 0 Å². The van der Waals surface area contributed by atoms with E-state index in [9.17, 15) is 4.79 Å². The van der Waals surface area contributed by atoms with Crippen molar-refractivity contribution < 1.29 is 14.0 Å². The average Bonchev–Trinajstić information content (AvgIpc) is 2.56. The van der Waals surface area contributed by atoms with E-state index in [1.54, 1.807) is 0 Å². The molecule has 0 saturated carbocycles. The fraction of sp³-hybridized carbons (Fsp3) is 0.524. The Labute approximate surface area is 158 Å². The Morgan fingerprint density at radius 1 is 1.19 bits per heavy atom. The first-order chi connectivity index (χ1) is 12.1. The van der Waals surface area contributed by atoms with Gasteiger partial charge in [-0.3, -0.25) is 9.78 Å². The second-order valence-electron chi connectivity index (χ2n) is 8.31. The zero-order chi connectivity index (χ0) is 19.4. The van der Waals surface area contributed by atoms with E-state index in [0.29, 0.717) is 13.2 Å². The maximum Gasteiger partial charge on any atom is 0.302 e. The minimum Gasteiger partial charge on any atom is -0.466 e.